The summed E-state index contributed by atoms with van der Waals surface area (Å²) in [4.78, 5) is 0. The van der Waals surface area contributed by atoms with Crippen LogP contribution < -0.4 is 22.4 Å². The molecule has 0 aliphatic carbocycles. The maximum atomic E-state index is 6.15. The Labute approximate surface area is 168 Å². The largest absolute Gasteiger partial charge is 0.432 e. The summed E-state index contributed by atoms with van der Waals surface area (Å²) in [6, 6.07) is 27.4. The average Bonchev–Trinajstić information content (AvgIpc) is 2.75. The highest BCUT2D eigenvalue weighted by molar-refractivity contribution is 6.51. The van der Waals surface area contributed by atoms with E-state index in [-0.39, 0.29) is 12.1 Å². The van der Waals surface area contributed by atoms with Crippen LogP contribution in [0.1, 0.15) is 23.2 Å². The second-order valence-electron chi connectivity index (χ2n) is 6.61. The second kappa shape index (κ2) is 10.8. The summed E-state index contributed by atoms with van der Waals surface area (Å²) in [6.45, 7) is 0.834. The minimum Gasteiger partial charge on any atom is -0.432 e. The fourth-order valence-electron chi connectivity index (χ4n) is 2.79. The van der Waals surface area contributed by atoms with Crippen molar-refractivity contribution in [3.05, 3.63) is 96.1 Å². The van der Waals surface area contributed by atoms with Crippen LogP contribution in [-0.2, 0) is 9.31 Å². The smallest absolute Gasteiger partial charge is 0.330 e. The second-order valence-corrected chi connectivity index (χ2v) is 6.61. The van der Waals surface area contributed by atoms with Crippen molar-refractivity contribution >= 4 is 25.9 Å². The lowest BCUT2D eigenvalue weighted by Gasteiger charge is -2.13. The van der Waals surface area contributed by atoms with Crippen molar-refractivity contribution in [1.29, 1.82) is 0 Å². The Bertz CT molecular complexity index is 767. The van der Waals surface area contributed by atoms with Gasteiger partial charge in [0, 0.05) is 13.2 Å². The van der Waals surface area contributed by atoms with E-state index >= 15 is 0 Å². The molecule has 0 spiro atoms. The zero-order chi connectivity index (χ0) is 19.6. The Morgan fingerprint density at radius 1 is 0.607 bits per heavy atom. The Kier molecular flexibility index (Phi) is 7.88. The van der Waals surface area contributed by atoms with E-state index in [4.69, 9.17) is 20.8 Å². The van der Waals surface area contributed by atoms with Crippen LogP contribution >= 0.6 is 0 Å². The summed E-state index contributed by atoms with van der Waals surface area (Å²) in [6.07, 6.45) is 0. The van der Waals surface area contributed by atoms with E-state index in [2.05, 4.69) is 0 Å². The monoisotopic (exact) mass is 370 g/mol. The standard InChI is InChI=1S/C22H24B2N2O2/c25-21(17-8-3-1-4-9-17)15-27-23-19-12-7-13-20(14-19)24-28-16-22(26)18-10-5-2-6-11-18/h1-14,21-22H,15-16,25-26H2. The zero-order valence-electron chi connectivity index (χ0n) is 15.8. The lowest BCUT2D eigenvalue weighted by atomic mass is 9.80. The van der Waals surface area contributed by atoms with Crippen molar-refractivity contribution in [3.8, 4) is 0 Å². The highest BCUT2D eigenvalue weighted by Gasteiger charge is 2.09. The van der Waals surface area contributed by atoms with Crippen LogP contribution in [0, 0.1) is 0 Å². The molecule has 0 aliphatic heterocycles. The molecule has 0 aromatic heterocycles. The van der Waals surface area contributed by atoms with E-state index < -0.39 is 0 Å². The lowest BCUT2D eigenvalue weighted by molar-refractivity contribution is 0.310. The average molecular weight is 370 g/mol. The summed E-state index contributed by atoms with van der Waals surface area (Å²) < 4.78 is 11.3. The molecule has 6 heteroatoms. The molecule has 4 nitrogen and oxygen atoms in total. The SMILES string of the molecule is NC(CO[B]c1cccc([B]OCC(N)c2ccccc2)c1)c1ccccc1. The molecular weight excluding hydrogens is 346 g/mol. The summed E-state index contributed by atoms with van der Waals surface area (Å²) in [5.41, 5.74) is 16.3. The maximum absolute atomic E-state index is 6.15. The van der Waals surface area contributed by atoms with Gasteiger partial charge in [-0.05, 0) is 11.1 Å². The van der Waals surface area contributed by atoms with Crippen molar-refractivity contribution in [2.24, 2.45) is 11.5 Å². The molecule has 4 N–H and O–H groups in total. The number of nitrogens with two attached hydrogens (primary N) is 2. The van der Waals surface area contributed by atoms with Crippen molar-refractivity contribution in [2.75, 3.05) is 13.2 Å². The number of rotatable bonds is 10. The molecule has 0 fully saturated rings. The Balaban J connectivity index is 1.42. The molecule has 0 amide bonds. The van der Waals surface area contributed by atoms with Crippen LogP contribution in [0.4, 0.5) is 0 Å². The van der Waals surface area contributed by atoms with Gasteiger partial charge in [-0.15, -0.1) is 0 Å². The summed E-state index contributed by atoms with van der Waals surface area (Å²) in [7, 11) is 3.44. The summed E-state index contributed by atoms with van der Waals surface area (Å²) in [5.74, 6) is 0. The third-order valence-corrected chi connectivity index (χ3v) is 4.36. The lowest BCUT2D eigenvalue weighted by Crippen LogP contribution is -2.29. The van der Waals surface area contributed by atoms with E-state index in [0.717, 1.165) is 22.1 Å². The van der Waals surface area contributed by atoms with Crippen LogP contribution in [0.2, 0.25) is 0 Å². The van der Waals surface area contributed by atoms with Gasteiger partial charge in [0.1, 0.15) is 0 Å². The molecule has 0 saturated carbocycles. The first-order valence-corrected chi connectivity index (χ1v) is 9.33. The molecule has 0 bridgehead atoms. The van der Waals surface area contributed by atoms with Gasteiger partial charge >= 0.3 is 15.0 Å². The first-order chi connectivity index (χ1) is 13.7. The van der Waals surface area contributed by atoms with Crippen LogP contribution in [0.15, 0.2) is 84.9 Å². The molecule has 140 valence electrons. The van der Waals surface area contributed by atoms with Crippen molar-refractivity contribution in [2.45, 2.75) is 12.1 Å². The van der Waals surface area contributed by atoms with Crippen molar-refractivity contribution < 1.29 is 9.31 Å². The molecule has 2 atom stereocenters. The van der Waals surface area contributed by atoms with Crippen LogP contribution in [0.3, 0.4) is 0 Å². The molecule has 3 rings (SSSR count). The molecule has 28 heavy (non-hydrogen) atoms. The topological polar surface area (TPSA) is 70.5 Å². The molecule has 2 unspecified atom stereocenters. The minimum absolute atomic E-state index is 0.157. The van der Waals surface area contributed by atoms with Gasteiger partial charge in [-0.1, -0.05) is 95.9 Å². The fraction of sp³-hybridized carbons (Fsp3) is 0.182. The highest BCUT2D eigenvalue weighted by Crippen LogP contribution is 2.10. The highest BCUT2D eigenvalue weighted by atomic mass is 16.4. The van der Waals surface area contributed by atoms with E-state index in [0.29, 0.717) is 13.2 Å². The van der Waals surface area contributed by atoms with E-state index in [1.54, 1.807) is 15.0 Å². The summed E-state index contributed by atoms with van der Waals surface area (Å²) in [5, 5.41) is 0. The minimum atomic E-state index is -0.157. The van der Waals surface area contributed by atoms with Gasteiger partial charge in [0.05, 0.1) is 12.1 Å². The number of hydrogen-bond donors (Lipinski definition) is 2. The van der Waals surface area contributed by atoms with Gasteiger partial charge < -0.3 is 20.8 Å². The van der Waals surface area contributed by atoms with Crippen LogP contribution in [0.25, 0.3) is 0 Å². The number of hydrogen-bond acceptors (Lipinski definition) is 4. The molecular formula is C22H24B2N2O2. The molecule has 0 aliphatic rings. The van der Waals surface area contributed by atoms with E-state index in [1.165, 1.54) is 0 Å². The predicted octanol–water partition coefficient (Wildman–Crippen LogP) is 1.61. The first kappa shape index (κ1) is 20.4. The molecule has 3 aromatic rings. The van der Waals surface area contributed by atoms with Gasteiger partial charge in [0.15, 0.2) is 0 Å². The van der Waals surface area contributed by atoms with E-state index in [9.17, 15) is 0 Å². The van der Waals surface area contributed by atoms with Gasteiger partial charge in [-0.3, -0.25) is 0 Å². The van der Waals surface area contributed by atoms with Crippen molar-refractivity contribution in [1.82, 2.24) is 0 Å². The number of benzene rings is 3. The predicted molar refractivity (Wildman–Crippen MR) is 116 cm³/mol. The van der Waals surface area contributed by atoms with Crippen LogP contribution in [0.5, 0.6) is 0 Å². The Morgan fingerprint density at radius 2 is 1.04 bits per heavy atom. The molecule has 0 saturated heterocycles. The van der Waals surface area contributed by atoms with Crippen LogP contribution in [-0.4, -0.2) is 28.2 Å². The van der Waals surface area contributed by atoms with Crippen molar-refractivity contribution in [3.63, 3.8) is 0 Å². The Hall–Kier alpha value is -2.37. The Morgan fingerprint density at radius 3 is 1.46 bits per heavy atom. The maximum Gasteiger partial charge on any atom is 0.330 e. The normalized spacial score (nSPS) is 12.9. The fourth-order valence-corrected chi connectivity index (χ4v) is 2.79. The van der Waals surface area contributed by atoms with Gasteiger partial charge in [0.25, 0.3) is 0 Å². The third kappa shape index (κ3) is 6.36. The van der Waals surface area contributed by atoms with Gasteiger partial charge in [0.2, 0.25) is 0 Å². The quantitative estimate of drug-likeness (QED) is 0.532. The van der Waals surface area contributed by atoms with E-state index in [1.807, 2.05) is 84.9 Å². The molecule has 3 aromatic carbocycles. The molecule has 0 heterocycles. The third-order valence-electron chi connectivity index (χ3n) is 4.36. The summed E-state index contributed by atoms with van der Waals surface area (Å²) >= 11 is 0. The first-order valence-electron chi connectivity index (χ1n) is 9.33. The molecule has 2 radical (unpaired) electrons. The van der Waals surface area contributed by atoms with Gasteiger partial charge in [-0.25, -0.2) is 0 Å². The zero-order valence-corrected chi connectivity index (χ0v) is 15.8. The van der Waals surface area contributed by atoms with Gasteiger partial charge in [-0.2, -0.15) is 0 Å².